The largest absolute Gasteiger partial charge is 0.352 e. The first kappa shape index (κ1) is 18.1. The number of aryl methyl sites for hydroxylation is 1. The molecule has 0 radical (unpaired) electrons. The van der Waals surface area contributed by atoms with Crippen LogP contribution in [0.2, 0.25) is 0 Å². The molecule has 2 aromatic carbocycles. The third-order valence-electron chi connectivity index (χ3n) is 3.59. The molecule has 0 saturated heterocycles. The first-order chi connectivity index (χ1) is 12.1. The lowest BCUT2D eigenvalue weighted by Gasteiger charge is -2.11. The molecule has 5 nitrogen and oxygen atoms in total. The van der Waals surface area contributed by atoms with Crippen LogP contribution in [0.3, 0.4) is 0 Å². The molecule has 0 aliphatic carbocycles. The van der Waals surface area contributed by atoms with Crippen LogP contribution in [0.4, 0.5) is 10.1 Å². The van der Waals surface area contributed by atoms with E-state index >= 15 is 0 Å². The van der Waals surface area contributed by atoms with Crippen molar-refractivity contribution in [2.24, 2.45) is 0 Å². The minimum atomic E-state index is -0.402. The highest BCUT2D eigenvalue weighted by molar-refractivity contribution is 5.92. The number of nitriles is 1. The number of carbonyl (C=O) groups excluding carboxylic acids is 2. The Morgan fingerprint density at radius 2 is 1.68 bits per heavy atom. The van der Waals surface area contributed by atoms with E-state index in [9.17, 15) is 14.0 Å². The van der Waals surface area contributed by atoms with Gasteiger partial charge in [-0.3, -0.25) is 9.59 Å². The van der Waals surface area contributed by atoms with Gasteiger partial charge in [-0.05, 0) is 29.7 Å². The van der Waals surface area contributed by atoms with E-state index in [1.54, 1.807) is 48.5 Å². The van der Waals surface area contributed by atoms with Gasteiger partial charge in [-0.25, -0.2) is 4.39 Å². The highest BCUT2D eigenvalue weighted by atomic mass is 19.1. The smallest absolute Gasteiger partial charge is 0.238 e. The lowest BCUT2D eigenvalue weighted by Crippen LogP contribution is -2.24. The Morgan fingerprint density at radius 3 is 2.40 bits per heavy atom. The zero-order valence-corrected chi connectivity index (χ0v) is 13.6. The Morgan fingerprint density at radius 1 is 1.00 bits per heavy atom. The van der Waals surface area contributed by atoms with Crippen molar-refractivity contribution in [1.82, 2.24) is 5.32 Å². The molecule has 0 atom stereocenters. The maximum Gasteiger partial charge on any atom is 0.238 e. The van der Waals surface area contributed by atoms with Crippen molar-refractivity contribution in [2.45, 2.75) is 25.8 Å². The van der Waals surface area contributed by atoms with Crippen LogP contribution in [0.1, 0.15) is 24.0 Å². The van der Waals surface area contributed by atoms with Gasteiger partial charge in [0.15, 0.2) is 0 Å². The Kier molecular flexibility index (Phi) is 6.66. The van der Waals surface area contributed by atoms with Crippen LogP contribution in [0.5, 0.6) is 0 Å². The second kappa shape index (κ2) is 9.18. The molecule has 0 aliphatic heterocycles. The number of anilines is 1. The minimum Gasteiger partial charge on any atom is -0.352 e. The van der Waals surface area contributed by atoms with Crippen molar-refractivity contribution in [2.75, 3.05) is 5.32 Å². The van der Waals surface area contributed by atoms with Gasteiger partial charge in [0, 0.05) is 18.7 Å². The van der Waals surface area contributed by atoms with E-state index in [0.29, 0.717) is 17.7 Å². The van der Waals surface area contributed by atoms with E-state index in [1.165, 1.54) is 6.07 Å². The fourth-order valence-electron chi connectivity index (χ4n) is 2.29. The normalized spacial score (nSPS) is 9.92. The quantitative estimate of drug-likeness (QED) is 0.814. The van der Waals surface area contributed by atoms with Gasteiger partial charge < -0.3 is 10.6 Å². The summed E-state index contributed by atoms with van der Waals surface area (Å²) in [6.07, 6.45) is 0.256. The molecule has 2 amide bonds. The van der Waals surface area contributed by atoms with E-state index in [0.717, 1.165) is 5.56 Å². The van der Waals surface area contributed by atoms with Crippen LogP contribution in [0.15, 0.2) is 48.5 Å². The number of amides is 2. The molecule has 6 heteroatoms. The van der Waals surface area contributed by atoms with Crippen molar-refractivity contribution in [3.8, 4) is 6.07 Å². The van der Waals surface area contributed by atoms with Gasteiger partial charge in [0.05, 0.1) is 6.07 Å². The maximum absolute atomic E-state index is 13.5. The highest BCUT2D eigenvalue weighted by Crippen LogP contribution is 2.15. The molecule has 2 aromatic rings. The SMILES string of the molecule is N#CCC(=O)Nc1ccccc1CNC(=O)CCc1ccccc1F. The van der Waals surface area contributed by atoms with Crippen molar-refractivity contribution in [1.29, 1.82) is 5.26 Å². The Labute approximate surface area is 145 Å². The lowest BCUT2D eigenvalue weighted by molar-refractivity contribution is -0.121. The zero-order valence-electron chi connectivity index (χ0n) is 13.6. The lowest BCUT2D eigenvalue weighted by atomic mass is 10.1. The van der Waals surface area contributed by atoms with Crippen LogP contribution in [0, 0.1) is 17.1 Å². The zero-order chi connectivity index (χ0) is 18.1. The Hall–Kier alpha value is -3.20. The number of hydrogen-bond acceptors (Lipinski definition) is 3. The average molecular weight is 339 g/mol. The molecule has 2 rings (SSSR count). The summed E-state index contributed by atoms with van der Waals surface area (Å²) in [7, 11) is 0. The number of para-hydroxylation sites is 1. The molecule has 2 N–H and O–H groups in total. The molecule has 0 spiro atoms. The van der Waals surface area contributed by atoms with Crippen LogP contribution in [-0.2, 0) is 22.6 Å². The van der Waals surface area contributed by atoms with Crippen molar-refractivity contribution < 1.29 is 14.0 Å². The number of nitrogens with one attached hydrogen (secondary N) is 2. The van der Waals surface area contributed by atoms with Crippen molar-refractivity contribution >= 4 is 17.5 Å². The van der Waals surface area contributed by atoms with Gasteiger partial charge in [-0.15, -0.1) is 0 Å². The van der Waals surface area contributed by atoms with Crippen LogP contribution in [0.25, 0.3) is 0 Å². The molecular formula is C19H18FN3O2. The van der Waals surface area contributed by atoms with E-state index in [2.05, 4.69) is 10.6 Å². The van der Waals surface area contributed by atoms with Gasteiger partial charge in [-0.1, -0.05) is 36.4 Å². The van der Waals surface area contributed by atoms with E-state index in [-0.39, 0.29) is 31.1 Å². The first-order valence-electron chi connectivity index (χ1n) is 7.85. The molecule has 0 heterocycles. The fourth-order valence-corrected chi connectivity index (χ4v) is 2.29. The van der Waals surface area contributed by atoms with Crippen LogP contribution >= 0.6 is 0 Å². The third-order valence-corrected chi connectivity index (χ3v) is 3.59. The van der Waals surface area contributed by atoms with E-state index in [4.69, 9.17) is 5.26 Å². The van der Waals surface area contributed by atoms with Crippen LogP contribution in [-0.4, -0.2) is 11.8 Å². The molecular weight excluding hydrogens is 321 g/mol. The van der Waals surface area contributed by atoms with Gasteiger partial charge in [0.2, 0.25) is 11.8 Å². The first-order valence-corrected chi connectivity index (χ1v) is 7.85. The summed E-state index contributed by atoms with van der Waals surface area (Å²) >= 11 is 0. The predicted molar refractivity (Wildman–Crippen MR) is 91.9 cm³/mol. The van der Waals surface area contributed by atoms with E-state index < -0.39 is 5.91 Å². The summed E-state index contributed by atoms with van der Waals surface area (Å²) in [4.78, 5) is 23.5. The van der Waals surface area contributed by atoms with Crippen molar-refractivity contribution in [3.05, 3.63) is 65.5 Å². The number of carbonyl (C=O) groups is 2. The molecule has 0 aliphatic rings. The minimum absolute atomic E-state index is 0.171. The molecule has 0 saturated carbocycles. The molecule has 25 heavy (non-hydrogen) atoms. The highest BCUT2D eigenvalue weighted by Gasteiger charge is 2.09. The molecule has 0 unspecified atom stereocenters. The predicted octanol–water partition coefficient (Wildman–Crippen LogP) is 2.93. The number of nitrogens with zero attached hydrogens (tertiary/aromatic N) is 1. The van der Waals surface area contributed by atoms with Crippen LogP contribution < -0.4 is 10.6 Å². The molecule has 0 aromatic heterocycles. The third kappa shape index (κ3) is 5.74. The summed E-state index contributed by atoms with van der Waals surface area (Å²) < 4.78 is 13.5. The fraction of sp³-hybridized carbons (Fsp3) is 0.211. The average Bonchev–Trinajstić information content (AvgIpc) is 2.60. The number of halogens is 1. The number of hydrogen-bond donors (Lipinski definition) is 2. The second-order valence-corrected chi connectivity index (χ2v) is 5.41. The molecule has 128 valence electrons. The maximum atomic E-state index is 13.5. The number of benzene rings is 2. The van der Waals surface area contributed by atoms with Gasteiger partial charge in [0.1, 0.15) is 12.2 Å². The van der Waals surface area contributed by atoms with E-state index in [1.807, 2.05) is 0 Å². The summed E-state index contributed by atoms with van der Waals surface area (Å²) in [6.45, 7) is 0.235. The summed E-state index contributed by atoms with van der Waals surface area (Å²) in [5, 5.41) is 13.9. The second-order valence-electron chi connectivity index (χ2n) is 5.41. The topological polar surface area (TPSA) is 82.0 Å². The number of rotatable bonds is 7. The van der Waals surface area contributed by atoms with Crippen molar-refractivity contribution in [3.63, 3.8) is 0 Å². The monoisotopic (exact) mass is 339 g/mol. The molecule has 0 fully saturated rings. The van der Waals surface area contributed by atoms with Gasteiger partial charge in [-0.2, -0.15) is 5.26 Å². The summed E-state index contributed by atoms with van der Waals surface area (Å²) in [5.74, 6) is -0.928. The van der Waals surface area contributed by atoms with Gasteiger partial charge >= 0.3 is 0 Å². The van der Waals surface area contributed by atoms with Gasteiger partial charge in [0.25, 0.3) is 0 Å². The molecule has 0 bridgehead atoms. The summed E-state index contributed by atoms with van der Waals surface area (Å²) in [5.41, 5.74) is 1.78. The summed E-state index contributed by atoms with van der Waals surface area (Å²) in [6, 6.07) is 15.2. The Bertz CT molecular complexity index is 799. The Balaban J connectivity index is 1.88. The standard InChI is InChI=1S/C19H18FN3O2/c20-16-7-3-1-5-14(16)9-10-18(24)22-13-15-6-2-4-8-17(15)23-19(25)11-12-21/h1-8H,9-11,13H2,(H,22,24)(H,23,25).